The van der Waals surface area contributed by atoms with Crippen molar-refractivity contribution in [3.8, 4) is 0 Å². The Labute approximate surface area is 78.5 Å². The minimum absolute atomic E-state index is 0.274. The van der Waals surface area contributed by atoms with Crippen LogP contribution in [0, 0.1) is 5.41 Å². The van der Waals surface area contributed by atoms with Gasteiger partial charge in [-0.15, -0.1) is 0 Å². The predicted octanol–water partition coefficient (Wildman–Crippen LogP) is 0.139. The summed E-state index contributed by atoms with van der Waals surface area (Å²) in [6, 6.07) is 0.0431. The van der Waals surface area contributed by atoms with Gasteiger partial charge in [0.2, 0.25) is 0 Å². The van der Waals surface area contributed by atoms with Gasteiger partial charge in [-0.2, -0.15) is 0 Å². The fraction of sp³-hybridized carbons (Fsp3) is 0.889. The van der Waals surface area contributed by atoms with Gasteiger partial charge in [-0.3, -0.25) is 0 Å². The summed E-state index contributed by atoms with van der Waals surface area (Å²) in [5.41, 5.74) is 5.57. The first-order valence-electron chi connectivity index (χ1n) is 4.92. The molecular formula is C9H17N3O. The number of piperidine rings is 1. The third-order valence-corrected chi connectivity index (χ3v) is 3.63. The summed E-state index contributed by atoms with van der Waals surface area (Å²) in [4.78, 5) is 12.7. The number of urea groups is 1. The molecule has 0 aromatic heterocycles. The van der Waals surface area contributed by atoms with Crippen molar-refractivity contribution in [2.45, 2.75) is 25.8 Å². The number of rotatable bonds is 0. The van der Waals surface area contributed by atoms with E-state index in [1.165, 1.54) is 12.8 Å². The second kappa shape index (κ2) is 2.87. The van der Waals surface area contributed by atoms with Crippen LogP contribution in [0.3, 0.4) is 0 Å². The predicted molar refractivity (Wildman–Crippen MR) is 50.3 cm³/mol. The number of carbonyl (C=O) groups excluding carboxylic acids is 1. The molecule has 0 radical (unpaired) electrons. The summed E-state index contributed by atoms with van der Waals surface area (Å²) in [6.07, 6.45) is 2.45. The summed E-state index contributed by atoms with van der Waals surface area (Å²) in [6.45, 7) is 5.10. The van der Waals surface area contributed by atoms with Crippen LogP contribution in [0.25, 0.3) is 0 Å². The van der Waals surface area contributed by atoms with Gasteiger partial charge in [-0.1, -0.05) is 0 Å². The first-order valence-corrected chi connectivity index (χ1v) is 4.92. The zero-order valence-corrected chi connectivity index (χ0v) is 8.05. The molecule has 2 amide bonds. The normalized spacial score (nSPS) is 38.8. The molecule has 2 aliphatic rings. The molecular weight excluding hydrogens is 166 g/mol. The van der Waals surface area contributed by atoms with Crippen molar-refractivity contribution in [2.75, 3.05) is 19.6 Å². The maximum Gasteiger partial charge on any atom is 0.315 e. The average Bonchev–Trinajstić information content (AvgIpc) is 2.15. The van der Waals surface area contributed by atoms with Crippen LogP contribution < -0.4 is 11.1 Å². The monoisotopic (exact) mass is 183 g/mol. The van der Waals surface area contributed by atoms with Crippen LogP contribution in [0.2, 0.25) is 0 Å². The standard InChI is InChI=1S/C9H17N3O/c1-7-9(3-2-4-11-5-9)6-12(7)8(10)13/h7,11H,2-6H2,1H3,(H2,10,13). The van der Waals surface area contributed by atoms with E-state index in [0.29, 0.717) is 11.5 Å². The Bertz CT molecular complexity index is 223. The number of hydrogen-bond donors (Lipinski definition) is 2. The van der Waals surface area contributed by atoms with Crippen molar-refractivity contribution in [1.82, 2.24) is 10.2 Å². The van der Waals surface area contributed by atoms with Crippen LogP contribution in [-0.4, -0.2) is 36.6 Å². The summed E-state index contributed by atoms with van der Waals surface area (Å²) in [5, 5.41) is 3.39. The van der Waals surface area contributed by atoms with Crippen molar-refractivity contribution in [3.63, 3.8) is 0 Å². The number of carbonyl (C=O) groups is 1. The fourth-order valence-corrected chi connectivity index (χ4v) is 2.58. The molecule has 0 aromatic rings. The topological polar surface area (TPSA) is 58.4 Å². The Balaban J connectivity index is 2.00. The van der Waals surface area contributed by atoms with E-state index in [0.717, 1.165) is 19.6 Å². The molecule has 2 aliphatic heterocycles. The van der Waals surface area contributed by atoms with Crippen LogP contribution in [0.5, 0.6) is 0 Å². The number of primary amides is 1. The van der Waals surface area contributed by atoms with Crippen molar-refractivity contribution in [1.29, 1.82) is 0 Å². The Morgan fingerprint density at radius 1 is 1.69 bits per heavy atom. The van der Waals surface area contributed by atoms with Crippen molar-refractivity contribution in [2.24, 2.45) is 11.1 Å². The summed E-state index contributed by atoms with van der Waals surface area (Å²) in [5.74, 6) is 0. The highest BCUT2D eigenvalue weighted by Gasteiger charge is 2.51. The lowest BCUT2D eigenvalue weighted by Crippen LogP contribution is -2.70. The average molecular weight is 183 g/mol. The quantitative estimate of drug-likeness (QED) is 0.561. The third-order valence-electron chi connectivity index (χ3n) is 3.63. The Morgan fingerprint density at radius 2 is 2.46 bits per heavy atom. The molecule has 13 heavy (non-hydrogen) atoms. The molecule has 2 unspecified atom stereocenters. The maximum absolute atomic E-state index is 10.9. The highest BCUT2D eigenvalue weighted by Crippen LogP contribution is 2.42. The lowest BCUT2D eigenvalue weighted by Gasteiger charge is -2.57. The van der Waals surface area contributed by atoms with Gasteiger partial charge in [0.1, 0.15) is 0 Å². The van der Waals surface area contributed by atoms with E-state index in [4.69, 9.17) is 5.73 Å². The molecule has 74 valence electrons. The van der Waals surface area contributed by atoms with Gasteiger partial charge < -0.3 is 16.0 Å². The molecule has 0 bridgehead atoms. The molecule has 0 aromatic carbocycles. The van der Waals surface area contributed by atoms with E-state index in [1.807, 2.05) is 0 Å². The van der Waals surface area contributed by atoms with Gasteiger partial charge in [0.05, 0.1) is 0 Å². The van der Waals surface area contributed by atoms with Crippen LogP contribution in [0.4, 0.5) is 4.79 Å². The van der Waals surface area contributed by atoms with Crippen LogP contribution in [0.1, 0.15) is 19.8 Å². The molecule has 2 atom stereocenters. The molecule has 4 heteroatoms. The van der Waals surface area contributed by atoms with Gasteiger partial charge in [0.15, 0.2) is 0 Å². The second-order valence-electron chi connectivity index (χ2n) is 4.28. The number of likely N-dealkylation sites (tertiary alicyclic amines) is 1. The van der Waals surface area contributed by atoms with Crippen LogP contribution in [-0.2, 0) is 0 Å². The van der Waals surface area contributed by atoms with E-state index in [1.54, 1.807) is 4.90 Å². The second-order valence-corrected chi connectivity index (χ2v) is 4.28. The van der Waals surface area contributed by atoms with E-state index >= 15 is 0 Å². The number of nitrogens with one attached hydrogen (secondary N) is 1. The molecule has 4 nitrogen and oxygen atoms in total. The van der Waals surface area contributed by atoms with Gasteiger partial charge in [0.25, 0.3) is 0 Å². The largest absolute Gasteiger partial charge is 0.351 e. The highest BCUT2D eigenvalue weighted by molar-refractivity contribution is 5.73. The molecule has 3 N–H and O–H groups in total. The molecule has 0 saturated carbocycles. The highest BCUT2D eigenvalue weighted by atomic mass is 16.2. The van der Waals surface area contributed by atoms with Gasteiger partial charge in [0, 0.05) is 24.5 Å². The van der Waals surface area contributed by atoms with Crippen molar-refractivity contribution in [3.05, 3.63) is 0 Å². The smallest absolute Gasteiger partial charge is 0.315 e. The number of hydrogen-bond acceptors (Lipinski definition) is 2. The first-order chi connectivity index (χ1) is 6.16. The minimum Gasteiger partial charge on any atom is -0.351 e. The maximum atomic E-state index is 10.9. The van der Waals surface area contributed by atoms with E-state index in [-0.39, 0.29) is 6.03 Å². The lowest BCUT2D eigenvalue weighted by molar-refractivity contribution is -0.0446. The van der Waals surface area contributed by atoms with Crippen molar-refractivity contribution < 1.29 is 4.79 Å². The number of nitrogens with zero attached hydrogens (tertiary/aromatic N) is 1. The first kappa shape index (κ1) is 8.81. The zero-order valence-electron chi connectivity index (χ0n) is 8.05. The summed E-state index contributed by atoms with van der Waals surface area (Å²) < 4.78 is 0. The Kier molecular flexibility index (Phi) is 1.95. The molecule has 2 heterocycles. The fourth-order valence-electron chi connectivity index (χ4n) is 2.58. The Morgan fingerprint density at radius 3 is 2.92 bits per heavy atom. The van der Waals surface area contributed by atoms with E-state index < -0.39 is 0 Å². The summed E-state index contributed by atoms with van der Waals surface area (Å²) in [7, 11) is 0. The molecule has 2 rings (SSSR count). The molecule has 0 aliphatic carbocycles. The Hall–Kier alpha value is -0.770. The lowest BCUT2D eigenvalue weighted by atomic mass is 9.68. The molecule has 2 fully saturated rings. The third kappa shape index (κ3) is 1.20. The molecule has 2 saturated heterocycles. The zero-order chi connectivity index (χ0) is 9.47. The van der Waals surface area contributed by atoms with Gasteiger partial charge >= 0.3 is 6.03 Å². The minimum atomic E-state index is -0.274. The van der Waals surface area contributed by atoms with Crippen LogP contribution >= 0.6 is 0 Å². The van der Waals surface area contributed by atoms with E-state index in [9.17, 15) is 4.79 Å². The van der Waals surface area contributed by atoms with Gasteiger partial charge in [-0.05, 0) is 26.3 Å². The number of amides is 2. The van der Waals surface area contributed by atoms with Crippen molar-refractivity contribution >= 4 is 6.03 Å². The summed E-state index contributed by atoms with van der Waals surface area (Å²) >= 11 is 0. The molecule has 1 spiro atoms. The van der Waals surface area contributed by atoms with E-state index in [2.05, 4.69) is 12.2 Å². The number of nitrogens with two attached hydrogens (primary N) is 1. The SMILES string of the molecule is CC1N(C(N)=O)CC12CCCNC2. The van der Waals surface area contributed by atoms with Gasteiger partial charge in [-0.25, -0.2) is 4.79 Å². The van der Waals surface area contributed by atoms with Crippen LogP contribution in [0.15, 0.2) is 0 Å².